The van der Waals surface area contributed by atoms with E-state index >= 15 is 0 Å². The molecule has 0 bridgehead atoms. The van der Waals surface area contributed by atoms with Crippen LogP contribution in [0.5, 0.6) is 11.5 Å². The van der Waals surface area contributed by atoms with Crippen LogP contribution < -0.4 is 10.1 Å². The van der Waals surface area contributed by atoms with E-state index in [9.17, 15) is 14.7 Å². The lowest BCUT2D eigenvalue weighted by atomic mass is 10.1. The number of nitrogens with one attached hydrogen (secondary N) is 1. The number of hydrogen-bond donors (Lipinski definition) is 2. The van der Waals surface area contributed by atoms with E-state index in [1.165, 1.54) is 13.2 Å². The number of aromatic hydroxyl groups is 1. The van der Waals surface area contributed by atoms with Crippen molar-refractivity contribution in [1.82, 2.24) is 0 Å². The highest BCUT2D eigenvalue weighted by Gasteiger charge is 2.27. The van der Waals surface area contributed by atoms with Crippen LogP contribution in [0.1, 0.15) is 33.2 Å². The highest BCUT2D eigenvalue weighted by molar-refractivity contribution is 5.99. The molecule has 1 amide bonds. The Morgan fingerprint density at radius 3 is 2.37 bits per heavy atom. The number of esters is 1. The molecule has 0 heterocycles. The predicted molar refractivity (Wildman–Crippen MR) is 114 cm³/mol. The summed E-state index contributed by atoms with van der Waals surface area (Å²) in [5, 5.41) is 12.7. The zero-order chi connectivity index (χ0) is 21.7. The molecule has 3 rings (SSSR count). The Bertz CT molecular complexity index is 1060. The van der Waals surface area contributed by atoms with Gasteiger partial charge in [0.1, 0.15) is 11.5 Å². The molecule has 0 aliphatic rings. The van der Waals surface area contributed by atoms with Crippen LogP contribution in [0.25, 0.3) is 0 Å². The van der Waals surface area contributed by atoms with Crippen molar-refractivity contribution < 1.29 is 24.2 Å². The number of benzene rings is 3. The van der Waals surface area contributed by atoms with Gasteiger partial charge in [0.05, 0.1) is 18.4 Å². The fourth-order valence-electron chi connectivity index (χ4n) is 2.93. The molecule has 6 heteroatoms. The number of carbonyl (C=O) groups is 2. The van der Waals surface area contributed by atoms with Gasteiger partial charge in [-0.3, -0.25) is 4.79 Å². The van der Waals surface area contributed by atoms with E-state index in [1.54, 1.807) is 55.5 Å². The van der Waals surface area contributed by atoms with Crippen LogP contribution in [-0.4, -0.2) is 24.1 Å². The van der Waals surface area contributed by atoms with Crippen LogP contribution in [0, 0.1) is 13.8 Å². The van der Waals surface area contributed by atoms with E-state index in [-0.39, 0.29) is 11.3 Å². The molecule has 30 heavy (non-hydrogen) atoms. The number of carbonyl (C=O) groups excluding carboxylic acids is 2. The summed E-state index contributed by atoms with van der Waals surface area (Å²) < 4.78 is 10.9. The van der Waals surface area contributed by atoms with E-state index in [2.05, 4.69) is 5.32 Å². The molecule has 0 saturated heterocycles. The monoisotopic (exact) mass is 405 g/mol. The lowest BCUT2D eigenvalue weighted by Gasteiger charge is -2.19. The van der Waals surface area contributed by atoms with E-state index in [0.717, 1.165) is 5.56 Å². The van der Waals surface area contributed by atoms with E-state index in [0.29, 0.717) is 22.6 Å². The molecule has 0 fully saturated rings. The Morgan fingerprint density at radius 2 is 1.70 bits per heavy atom. The highest BCUT2D eigenvalue weighted by Crippen LogP contribution is 2.28. The van der Waals surface area contributed by atoms with Crippen molar-refractivity contribution >= 4 is 17.6 Å². The van der Waals surface area contributed by atoms with Crippen molar-refractivity contribution in [2.45, 2.75) is 20.0 Å². The summed E-state index contributed by atoms with van der Waals surface area (Å²) in [6.07, 6.45) is -1.19. The zero-order valence-electron chi connectivity index (χ0n) is 17.0. The molecule has 2 N–H and O–H groups in total. The lowest BCUT2D eigenvalue weighted by Crippen LogP contribution is -2.26. The zero-order valence-corrected chi connectivity index (χ0v) is 17.0. The fourth-order valence-corrected chi connectivity index (χ4v) is 2.93. The third kappa shape index (κ3) is 4.78. The summed E-state index contributed by atoms with van der Waals surface area (Å²) in [5.74, 6) is -0.759. The highest BCUT2D eigenvalue weighted by atomic mass is 16.5. The van der Waals surface area contributed by atoms with Gasteiger partial charge >= 0.3 is 5.97 Å². The summed E-state index contributed by atoms with van der Waals surface area (Å²) in [4.78, 5) is 25.8. The number of ether oxygens (including phenoxy) is 2. The molecular weight excluding hydrogens is 382 g/mol. The van der Waals surface area contributed by atoms with Crippen molar-refractivity contribution in [3.8, 4) is 11.5 Å². The number of rotatable bonds is 6. The summed E-state index contributed by atoms with van der Waals surface area (Å²) in [6, 6.07) is 18.6. The van der Waals surface area contributed by atoms with Crippen molar-refractivity contribution in [3.63, 3.8) is 0 Å². The van der Waals surface area contributed by atoms with Gasteiger partial charge < -0.3 is 19.9 Å². The number of methoxy groups -OCH3 is 1. The predicted octanol–water partition coefficient (Wildman–Crippen LogP) is 4.55. The molecule has 0 aliphatic carbocycles. The molecule has 0 aliphatic heterocycles. The van der Waals surface area contributed by atoms with Crippen LogP contribution in [0.2, 0.25) is 0 Å². The van der Waals surface area contributed by atoms with Gasteiger partial charge in [0.15, 0.2) is 0 Å². The Hall–Kier alpha value is -3.80. The average molecular weight is 405 g/mol. The van der Waals surface area contributed by atoms with Gasteiger partial charge in [-0.15, -0.1) is 0 Å². The first kappa shape index (κ1) is 20.9. The van der Waals surface area contributed by atoms with Crippen molar-refractivity contribution in [2.75, 3.05) is 12.4 Å². The number of phenols is 1. The SMILES string of the molecule is COc1ccc(C)cc1NC(=O)C(OC(=O)c1ccc(C)c(O)c1)c1ccccc1. The Balaban J connectivity index is 1.89. The van der Waals surface area contributed by atoms with Crippen LogP contribution in [-0.2, 0) is 9.53 Å². The minimum Gasteiger partial charge on any atom is -0.508 e. The lowest BCUT2D eigenvalue weighted by molar-refractivity contribution is -0.125. The van der Waals surface area contributed by atoms with Crippen molar-refractivity contribution in [2.24, 2.45) is 0 Å². The molecule has 0 aromatic heterocycles. The second-order valence-corrected chi connectivity index (χ2v) is 6.89. The Kier molecular flexibility index (Phi) is 6.37. The average Bonchev–Trinajstić information content (AvgIpc) is 2.74. The molecule has 0 spiro atoms. The smallest absolute Gasteiger partial charge is 0.339 e. The topological polar surface area (TPSA) is 84.9 Å². The van der Waals surface area contributed by atoms with E-state index in [4.69, 9.17) is 9.47 Å². The molecule has 3 aromatic rings. The van der Waals surface area contributed by atoms with Crippen LogP contribution >= 0.6 is 0 Å². The van der Waals surface area contributed by atoms with E-state index in [1.807, 2.05) is 19.1 Å². The Morgan fingerprint density at radius 1 is 0.967 bits per heavy atom. The number of anilines is 1. The first-order valence-corrected chi connectivity index (χ1v) is 9.40. The third-order valence-corrected chi connectivity index (χ3v) is 4.62. The van der Waals surface area contributed by atoms with Gasteiger partial charge in [-0.25, -0.2) is 4.79 Å². The maximum Gasteiger partial charge on any atom is 0.339 e. The van der Waals surface area contributed by atoms with Gasteiger partial charge in [-0.2, -0.15) is 0 Å². The van der Waals surface area contributed by atoms with Gasteiger partial charge in [-0.05, 0) is 49.2 Å². The molecule has 1 unspecified atom stereocenters. The maximum absolute atomic E-state index is 13.1. The first-order chi connectivity index (χ1) is 14.4. The maximum atomic E-state index is 13.1. The summed E-state index contributed by atoms with van der Waals surface area (Å²) >= 11 is 0. The number of hydrogen-bond acceptors (Lipinski definition) is 5. The van der Waals surface area contributed by atoms with Gasteiger partial charge in [0.2, 0.25) is 6.10 Å². The third-order valence-electron chi connectivity index (χ3n) is 4.62. The standard InChI is InChI=1S/C24H23NO5/c1-15-9-12-21(29-3)19(13-15)25-23(27)22(17-7-5-4-6-8-17)30-24(28)18-11-10-16(2)20(26)14-18/h4-14,22,26H,1-3H3,(H,25,27). The quantitative estimate of drug-likeness (QED) is 0.588. The normalized spacial score (nSPS) is 11.4. The van der Waals surface area contributed by atoms with Crippen molar-refractivity contribution in [1.29, 1.82) is 0 Å². The summed E-state index contributed by atoms with van der Waals surface area (Å²) in [7, 11) is 1.51. The van der Waals surface area contributed by atoms with E-state index < -0.39 is 18.0 Å². The van der Waals surface area contributed by atoms with Crippen LogP contribution in [0.15, 0.2) is 66.7 Å². The van der Waals surface area contributed by atoms with Crippen LogP contribution in [0.4, 0.5) is 5.69 Å². The van der Waals surface area contributed by atoms with Crippen molar-refractivity contribution in [3.05, 3.63) is 89.0 Å². The molecule has 6 nitrogen and oxygen atoms in total. The fraction of sp³-hybridized carbons (Fsp3) is 0.167. The largest absolute Gasteiger partial charge is 0.508 e. The molecule has 0 saturated carbocycles. The summed E-state index contributed by atoms with van der Waals surface area (Å²) in [5.41, 5.74) is 2.73. The molecule has 3 aromatic carbocycles. The molecule has 1 atom stereocenters. The Labute approximate surface area is 175 Å². The van der Waals surface area contributed by atoms with Gasteiger partial charge in [0.25, 0.3) is 5.91 Å². The second kappa shape index (κ2) is 9.13. The van der Waals surface area contributed by atoms with Gasteiger partial charge in [-0.1, -0.05) is 42.5 Å². The minimum atomic E-state index is -1.19. The van der Waals surface area contributed by atoms with Gasteiger partial charge in [0, 0.05) is 5.56 Å². The summed E-state index contributed by atoms with van der Waals surface area (Å²) in [6.45, 7) is 3.62. The minimum absolute atomic E-state index is 0.0188. The first-order valence-electron chi connectivity index (χ1n) is 9.40. The number of aryl methyl sites for hydroxylation is 2. The molecule has 154 valence electrons. The second-order valence-electron chi connectivity index (χ2n) is 6.89. The molecular formula is C24H23NO5. The van der Waals surface area contributed by atoms with Crippen LogP contribution in [0.3, 0.4) is 0 Å². The molecule has 0 radical (unpaired) electrons. The number of amides is 1. The number of phenolic OH excluding ortho intramolecular Hbond substituents is 1.